The monoisotopic (exact) mass is 354 g/mol. The van der Waals surface area contributed by atoms with Gasteiger partial charge in [0.1, 0.15) is 11.4 Å². The molecule has 0 aliphatic heterocycles. The zero-order valence-electron chi connectivity index (χ0n) is 14.1. The highest BCUT2D eigenvalue weighted by atomic mass is 19.1. The van der Waals surface area contributed by atoms with E-state index in [4.69, 9.17) is 0 Å². The molecule has 0 saturated heterocycles. The number of aromatic nitrogens is 3. The largest absolute Gasteiger partial charge is 0.465 e. The maximum Gasteiger partial charge on any atom is 0.342 e. The van der Waals surface area contributed by atoms with Gasteiger partial charge in [0.05, 0.1) is 30.3 Å². The lowest BCUT2D eigenvalue weighted by atomic mass is 10.1. The topological polar surface area (TPSA) is 86.1 Å². The third-order valence-electron chi connectivity index (χ3n) is 3.77. The quantitative estimate of drug-likeness (QED) is 0.728. The fourth-order valence-electron chi connectivity index (χ4n) is 2.47. The molecule has 0 unspecified atom stereocenters. The number of esters is 1. The third-order valence-corrected chi connectivity index (χ3v) is 3.77. The molecule has 0 fully saturated rings. The zero-order valence-corrected chi connectivity index (χ0v) is 14.1. The first-order valence-electron chi connectivity index (χ1n) is 7.67. The summed E-state index contributed by atoms with van der Waals surface area (Å²) >= 11 is 0. The van der Waals surface area contributed by atoms with E-state index < -0.39 is 17.7 Å². The van der Waals surface area contributed by atoms with E-state index in [9.17, 15) is 14.0 Å². The molecular formula is C18H15FN4O3. The van der Waals surface area contributed by atoms with Gasteiger partial charge < -0.3 is 10.1 Å². The highest BCUT2D eigenvalue weighted by molar-refractivity contribution is 6.08. The Balaban J connectivity index is 1.92. The predicted molar refractivity (Wildman–Crippen MR) is 91.8 cm³/mol. The van der Waals surface area contributed by atoms with Crippen LogP contribution >= 0.6 is 0 Å². The Hall–Kier alpha value is -3.55. The van der Waals surface area contributed by atoms with Crippen molar-refractivity contribution in [1.29, 1.82) is 0 Å². The molecule has 8 heteroatoms. The number of methoxy groups -OCH3 is 1. The summed E-state index contributed by atoms with van der Waals surface area (Å²) in [7, 11) is 1.14. The fraction of sp³-hybridized carbons (Fsp3) is 0.111. The molecule has 132 valence electrons. The number of rotatable bonds is 4. The van der Waals surface area contributed by atoms with E-state index in [1.165, 1.54) is 23.0 Å². The van der Waals surface area contributed by atoms with Crippen molar-refractivity contribution in [2.45, 2.75) is 6.92 Å². The normalized spacial score (nSPS) is 10.4. The van der Waals surface area contributed by atoms with Gasteiger partial charge in [-0.05, 0) is 31.2 Å². The molecule has 2 aromatic heterocycles. The number of nitrogens with one attached hydrogen (secondary N) is 1. The Bertz CT molecular complexity index is 970. The number of hydrogen-bond donors (Lipinski definition) is 1. The van der Waals surface area contributed by atoms with Crippen LogP contribution in [0, 0.1) is 12.7 Å². The first kappa shape index (κ1) is 17.3. The SMILES string of the molecule is COC(=O)c1c(F)cccc1NC(=O)c1cnn(-c2ccccn2)c1C. The van der Waals surface area contributed by atoms with Gasteiger partial charge in [-0.1, -0.05) is 12.1 Å². The van der Waals surface area contributed by atoms with Gasteiger partial charge in [-0.25, -0.2) is 18.9 Å². The Kier molecular flexibility index (Phi) is 4.74. The second-order valence-corrected chi connectivity index (χ2v) is 5.35. The number of carbonyl (C=O) groups excluding carboxylic acids is 2. The number of halogens is 1. The molecule has 26 heavy (non-hydrogen) atoms. The first-order valence-corrected chi connectivity index (χ1v) is 7.67. The summed E-state index contributed by atoms with van der Waals surface area (Å²) in [6.45, 7) is 1.71. The molecular weight excluding hydrogens is 339 g/mol. The van der Waals surface area contributed by atoms with E-state index in [0.717, 1.165) is 13.2 Å². The Morgan fingerprint density at radius 1 is 1.19 bits per heavy atom. The number of pyridine rings is 1. The van der Waals surface area contributed by atoms with Crippen molar-refractivity contribution >= 4 is 17.6 Å². The van der Waals surface area contributed by atoms with Gasteiger partial charge in [0.25, 0.3) is 5.91 Å². The number of ether oxygens (including phenoxy) is 1. The highest BCUT2D eigenvalue weighted by Crippen LogP contribution is 2.22. The van der Waals surface area contributed by atoms with Gasteiger partial charge in [-0.2, -0.15) is 5.10 Å². The van der Waals surface area contributed by atoms with Crippen LogP contribution in [0.5, 0.6) is 0 Å². The van der Waals surface area contributed by atoms with E-state index in [1.807, 2.05) is 0 Å². The Labute approximate surface area is 148 Å². The minimum absolute atomic E-state index is 0.0202. The number of anilines is 1. The van der Waals surface area contributed by atoms with Gasteiger partial charge in [0.15, 0.2) is 5.82 Å². The molecule has 2 heterocycles. The van der Waals surface area contributed by atoms with Crippen LogP contribution in [0.4, 0.5) is 10.1 Å². The predicted octanol–water partition coefficient (Wildman–Crippen LogP) is 2.75. The van der Waals surface area contributed by atoms with E-state index in [0.29, 0.717) is 11.5 Å². The number of nitrogens with zero attached hydrogens (tertiary/aromatic N) is 3. The molecule has 1 aromatic carbocycles. The Morgan fingerprint density at radius 2 is 2.00 bits per heavy atom. The first-order chi connectivity index (χ1) is 12.5. The number of carbonyl (C=O) groups is 2. The Morgan fingerprint density at radius 3 is 2.69 bits per heavy atom. The van der Waals surface area contributed by atoms with Crippen molar-refractivity contribution in [2.75, 3.05) is 12.4 Å². The smallest absolute Gasteiger partial charge is 0.342 e. The van der Waals surface area contributed by atoms with Crippen LogP contribution < -0.4 is 5.32 Å². The molecule has 0 saturated carbocycles. The fourth-order valence-corrected chi connectivity index (χ4v) is 2.47. The summed E-state index contributed by atoms with van der Waals surface area (Å²) in [5.74, 6) is -1.62. The van der Waals surface area contributed by atoms with Crippen molar-refractivity contribution in [3.05, 3.63) is 71.4 Å². The molecule has 0 spiro atoms. The molecule has 3 aromatic rings. The number of benzene rings is 1. The number of amides is 1. The summed E-state index contributed by atoms with van der Waals surface area (Å²) in [6.07, 6.45) is 3.00. The van der Waals surface area contributed by atoms with Gasteiger partial charge in [-0.3, -0.25) is 4.79 Å². The average Bonchev–Trinajstić information content (AvgIpc) is 3.03. The molecule has 0 atom stereocenters. The summed E-state index contributed by atoms with van der Waals surface area (Å²) in [6, 6.07) is 9.26. The van der Waals surface area contributed by atoms with E-state index in [2.05, 4.69) is 20.1 Å². The van der Waals surface area contributed by atoms with E-state index >= 15 is 0 Å². The maximum absolute atomic E-state index is 14.0. The van der Waals surface area contributed by atoms with Crippen molar-refractivity contribution < 1.29 is 18.7 Å². The zero-order chi connectivity index (χ0) is 18.7. The van der Waals surface area contributed by atoms with Crippen LogP contribution in [0.2, 0.25) is 0 Å². The second-order valence-electron chi connectivity index (χ2n) is 5.35. The molecule has 1 amide bonds. The van der Waals surface area contributed by atoms with Crippen molar-refractivity contribution in [2.24, 2.45) is 0 Å². The van der Waals surface area contributed by atoms with Crippen LogP contribution in [0.3, 0.4) is 0 Å². The molecule has 1 N–H and O–H groups in total. The highest BCUT2D eigenvalue weighted by Gasteiger charge is 2.21. The standard InChI is InChI=1S/C18H15FN4O3/c1-11-12(10-21-23(11)15-8-3-4-9-20-15)17(24)22-14-7-5-6-13(19)16(14)18(25)26-2/h3-10H,1-2H3,(H,22,24). The number of hydrogen-bond acceptors (Lipinski definition) is 5. The van der Waals surface area contributed by atoms with Crippen molar-refractivity contribution in [3.8, 4) is 5.82 Å². The molecule has 0 aliphatic carbocycles. The summed E-state index contributed by atoms with van der Waals surface area (Å²) in [4.78, 5) is 28.6. The van der Waals surface area contributed by atoms with Crippen LogP contribution in [-0.2, 0) is 4.74 Å². The van der Waals surface area contributed by atoms with Gasteiger partial charge >= 0.3 is 5.97 Å². The van der Waals surface area contributed by atoms with Crippen molar-refractivity contribution in [1.82, 2.24) is 14.8 Å². The van der Waals surface area contributed by atoms with Crippen LogP contribution in [0.15, 0.2) is 48.8 Å². The van der Waals surface area contributed by atoms with Gasteiger partial charge in [-0.15, -0.1) is 0 Å². The summed E-state index contributed by atoms with van der Waals surface area (Å²) < 4.78 is 20.1. The average molecular weight is 354 g/mol. The minimum Gasteiger partial charge on any atom is -0.465 e. The lowest BCUT2D eigenvalue weighted by molar-refractivity contribution is 0.0597. The molecule has 7 nitrogen and oxygen atoms in total. The van der Waals surface area contributed by atoms with Gasteiger partial charge in [0.2, 0.25) is 0 Å². The minimum atomic E-state index is -0.876. The van der Waals surface area contributed by atoms with E-state index in [-0.39, 0.29) is 16.8 Å². The van der Waals surface area contributed by atoms with Gasteiger partial charge in [0, 0.05) is 6.20 Å². The van der Waals surface area contributed by atoms with E-state index in [1.54, 1.807) is 31.3 Å². The third kappa shape index (κ3) is 3.16. The summed E-state index contributed by atoms with van der Waals surface area (Å²) in [5.41, 5.74) is 0.512. The lowest BCUT2D eigenvalue weighted by Gasteiger charge is -2.10. The second kappa shape index (κ2) is 7.14. The maximum atomic E-state index is 14.0. The lowest BCUT2D eigenvalue weighted by Crippen LogP contribution is -2.17. The molecule has 0 radical (unpaired) electrons. The van der Waals surface area contributed by atoms with Crippen LogP contribution in [0.25, 0.3) is 5.82 Å². The van der Waals surface area contributed by atoms with Crippen molar-refractivity contribution in [3.63, 3.8) is 0 Å². The van der Waals surface area contributed by atoms with Crippen LogP contribution in [-0.4, -0.2) is 33.8 Å². The van der Waals surface area contributed by atoms with Crippen LogP contribution in [0.1, 0.15) is 26.4 Å². The molecule has 3 rings (SSSR count). The molecule has 0 bridgehead atoms. The molecule has 0 aliphatic rings. The summed E-state index contributed by atoms with van der Waals surface area (Å²) in [5, 5.41) is 6.70.